The van der Waals surface area contributed by atoms with E-state index in [9.17, 15) is 0 Å². The fourth-order valence-corrected chi connectivity index (χ4v) is 3.83. The average Bonchev–Trinajstić information content (AvgIpc) is 3.03. The highest BCUT2D eigenvalue weighted by atomic mass is 32.1. The van der Waals surface area contributed by atoms with Gasteiger partial charge in [-0.15, -0.1) is 22.7 Å². The van der Waals surface area contributed by atoms with Crippen LogP contribution in [0.1, 0.15) is 4.88 Å². The van der Waals surface area contributed by atoms with Crippen LogP contribution in [0.5, 0.6) is 0 Å². The molecule has 4 rings (SSSR count). The summed E-state index contributed by atoms with van der Waals surface area (Å²) in [7, 11) is 0. The van der Waals surface area contributed by atoms with Crippen molar-refractivity contribution >= 4 is 60.6 Å². The maximum absolute atomic E-state index is 5.80. The molecule has 0 atom stereocenters. The number of thiophene rings is 1. The van der Waals surface area contributed by atoms with Gasteiger partial charge in [-0.3, -0.25) is 0 Å². The van der Waals surface area contributed by atoms with Gasteiger partial charge in [-0.25, -0.2) is 9.97 Å². The number of rotatable bonds is 2. The van der Waals surface area contributed by atoms with Gasteiger partial charge in [0.15, 0.2) is 0 Å². The average molecular weight is 313 g/mol. The second kappa shape index (κ2) is 4.64. The molecule has 3 heterocycles. The number of hydrogen-bond donors (Lipinski definition) is 2. The zero-order valence-corrected chi connectivity index (χ0v) is 12.8. The Labute approximate surface area is 128 Å². The number of hydrogen-bond acceptors (Lipinski definition) is 7. The lowest BCUT2D eigenvalue weighted by atomic mass is 10.3. The molecule has 0 saturated carbocycles. The molecule has 0 aliphatic carbocycles. The van der Waals surface area contributed by atoms with Crippen LogP contribution in [0.2, 0.25) is 0 Å². The van der Waals surface area contributed by atoms with Crippen molar-refractivity contribution in [1.82, 2.24) is 15.0 Å². The van der Waals surface area contributed by atoms with Crippen LogP contribution in [0.3, 0.4) is 0 Å². The monoisotopic (exact) mass is 313 g/mol. The van der Waals surface area contributed by atoms with Gasteiger partial charge in [-0.1, -0.05) is 0 Å². The number of nitrogens with zero attached hydrogens (tertiary/aromatic N) is 3. The van der Waals surface area contributed by atoms with E-state index in [-0.39, 0.29) is 5.95 Å². The Kier molecular flexibility index (Phi) is 2.76. The van der Waals surface area contributed by atoms with Crippen molar-refractivity contribution in [1.29, 1.82) is 0 Å². The number of nitrogen functional groups attached to an aromatic ring is 1. The topological polar surface area (TPSA) is 76.7 Å². The molecule has 7 heteroatoms. The summed E-state index contributed by atoms with van der Waals surface area (Å²) in [4.78, 5) is 15.0. The number of aromatic nitrogens is 3. The summed E-state index contributed by atoms with van der Waals surface area (Å²) < 4.78 is 1.14. The summed E-state index contributed by atoms with van der Waals surface area (Å²) in [5.41, 5.74) is 9.61. The lowest BCUT2D eigenvalue weighted by molar-refractivity contribution is 1.24. The van der Waals surface area contributed by atoms with Crippen LogP contribution in [-0.4, -0.2) is 15.0 Å². The van der Waals surface area contributed by atoms with Crippen LogP contribution in [0.25, 0.3) is 20.4 Å². The molecular formula is C14H11N5S2. The van der Waals surface area contributed by atoms with Crippen LogP contribution in [0, 0.1) is 6.92 Å². The van der Waals surface area contributed by atoms with E-state index >= 15 is 0 Å². The van der Waals surface area contributed by atoms with Crippen LogP contribution >= 0.6 is 22.7 Å². The first-order valence-corrected chi connectivity index (χ1v) is 8.02. The molecular weight excluding hydrogens is 302 g/mol. The molecule has 0 saturated heterocycles. The van der Waals surface area contributed by atoms with Gasteiger partial charge in [0.05, 0.1) is 21.1 Å². The van der Waals surface area contributed by atoms with Crippen molar-refractivity contribution in [2.75, 3.05) is 11.1 Å². The Balaban J connectivity index is 1.82. The molecule has 1 aromatic carbocycles. The predicted octanol–water partition coefficient (Wildman–Crippen LogP) is 3.94. The second-order valence-corrected chi connectivity index (χ2v) is 6.79. The first kappa shape index (κ1) is 12.5. The van der Waals surface area contributed by atoms with Gasteiger partial charge in [-0.2, -0.15) is 4.98 Å². The summed E-state index contributed by atoms with van der Waals surface area (Å²) in [5, 5.41) is 4.33. The summed E-state index contributed by atoms with van der Waals surface area (Å²) in [5.74, 6) is 1.02. The fraction of sp³-hybridized carbons (Fsp3) is 0.0714. The molecule has 0 amide bonds. The van der Waals surface area contributed by atoms with E-state index < -0.39 is 0 Å². The molecule has 0 aliphatic heterocycles. The maximum atomic E-state index is 5.80. The number of fused-ring (bicyclic) bond motifs is 2. The Morgan fingerprint density at radius 2 is 2.10 bits per heavy atom. The van der Waals surface area contributed by atoms with Gasteiger partial charge in [0, 0.05) is 10.6 Å². The van der Waals surface area contributed by atoms with Crippen molar-refractivity contribution in [3.63, 3.8) is 0 Å². The normalized spacial score (nSPS) is 11.3. The van der Waals surface area contributed by atoms with Gasteiger partial charge in [0.1, 0.15) is 10.6 Å². The third-order valence-corrected chi connectivity index (χ3v) is 4.86. The SMILES string of the molecule is Cc1cc2c(Nc3ccc4ncsc4c3)nc(N)nc2s1. The van der Waals surface area contributed by atoms with Crippen molar-refractivity contribution in [2.24, 2.45) is 0 Å². The maximum Gasteiger partial charge on any atom is 0.223 e. The Bertz CT molecular complexity index is 956. The van der Waals surface area contributed by atoms with Gasteiger partial charge in [0.2, 0.25) is 5.95 Å². The number of thiazole rings is 1. The quantitative estimate of drug-likeness (QED) is 0.586. The van der Waals surface area contributed by atoms with Gasteiger partial charge >= 0.3 is 0 Å². The lowest BCUT2D eigenvalue weighted by Crippen LogP contribution is -2.00. The van der Waals surface area contributed by atoms with E-state index in [0.717, 1.165) is 31.9 Å². The predicted molar refractivity (Wildman–Crippen MR) is 89.5 cm³/mol. The molecule has 0 bridgehead atoms. The number of anilines is 3. The molecule has 0 aliphatic rings. The molecule has 0 unspecified atom stereocenters. The zero-order chi connectivity index (χ0) is 14.4. The molecule has 0 fully saturated rings. The molecule has 0 spiro atoms. The van der Waals surface area contributed by atoms with E-state index in [1.807, 2.05) is 17.6 Å². The highest BCUT2D eigenvalue weighted by Crippen LogP contribution is 2.31. The largest absolute Gasteiger partial charge is 0.368 e. The van der Waals surface area contributed by atoms with E-state index in [0.29, 0.717) is 0 Å². The molecule has 21 heavy (non-hydrogen) atoms. The highest BCUT2D eigenvalue weighted by molar-refractivity contribution is 7.18. The molecule has 104 valence electrons. The van der Waals surface area contributed by atoms with Crippen molar-refractivity contribution in [3.05, 3.63) is 34.7 Å². The molecule has 4 aromatic rings. The van der Waals surface area contributed by atoms with Crippen LogP contribution < -0.4 is 11.1 Å². The van der Waals surface area contributed by atoms with Crippen LogP contribution in [0.4, 0.5) is 17.5 Å². The molecule has 0 radical (unpaired) electrons. The molecule has 5 nitrogen and oxygen atoms in total. The number of aryl methyl sites for hydroxylation is 1. The third kappa shape index (κ3) is 2.20. The smallest absolute Gasteiger partial charge is 0.223 e. The first-order valence-electron chi connectivity index (χ1n) is 6.33. The lowest BCUT2D eigenvalue weighted by Gasteiger charge is -2.07. The van der Waals surface area contributed by atoms with Crippen LogP contribution in [-0.2, 0) is 0 Å². The van der Waals surface area contributed by atoms with E-state index in [2.05, 4.69) is 39.3 Å². The standard InChI is InChI=1S/C14H11N5S2/c1-7-4-9-12(18-14(15)19-13(9)21-7)17-8-2-3-10-11(5-8)20-6-16-10/h2-6H,1H3,(H3,15,17,18,19). The van der Waals surface area contributed by atoms with Crippen molar-refractivity contribution < 1.29 is 0 Å². The van der Waals surface area contributed by atoms with Crippen molar-refractivity contribution in [3.8, 4) is 0 Å². The van der Waals surface area contributed by atoms with Crippen LogP contribution in [0.15, 0.2) is 29.8 Å². The minimum Gasteiger partial charge on any atom is -0.368 e. The van der Waals surface area contributed by atoms with Gasteiger partial charge in [-0.05, 0) is 31.2 Å². The van der Waals surface area contributed by atoms with E-state index in [1.54, 1.807) is 22.7 Å². The van der Waals surface area contributed by atoms with Gasteiger partial charge < -0.3 is 11.1 Å². The Hall–Kier alpha value is -2.25. The third-order valence-electron chi connectivity index (χ3n) is 3.13. The summed E-state index contributed by atoms with van der Waals surface area (Å²) >= 11 is 3.23. The Morgan fingerprint density at radius 3 is 3.00 bits per heavy atom. The molecule has 3 N–H and O–H groups in total. The zero-order valence-electron chi connectivity index (χ0n) is 11.1. The minimum atomic E-state index is 0.283. The fourth-order valence-electron chi connectivity index (χ4n) is 2.22. The number of nitrogens with one attached hydrogen (secondary N) is 1. The summed E-state index contributed by atoms with van der Waals surface area (Å²) in [6.45, 7) is 2.05. The number of nitrogens with two attached hydrogens (primary N) is 1. The first-order chi connectivity index (χ1) is 10.2. The van der Waals surface area contributed by atoms with Gasteiger partial charge in [0.25, 0.3) is 0 Å². The highest BCUT2D eigenvalue weighted by Gasteiger charge is 2.10. The van der Waals surface area contributed by atoms with E-state index in [4.69, 9.17) is 5.73 Å². The van der Waals surface area contributed by atoms with Crippen molar-refractivity contribution in [2.45, 2.75) is 6.92 Å². The summed E-state index contributed by atoms with van der Waals surface area (Å²) in [6, 6.07) is 8.13. The second-order valence-electron chi connectivity index (χ2n) is 4.67. The molecule has 3 aromatic heterocycles. The minimum absolute atomic E-state index is 0.283. The number of benzene rings is 1. The van der Waals surface area contributed by atoms with E-state index in [1.165, 1.54) is 4.88 Å². The Morgan fingerprint density at radius 1 is 1.19 bits per heavy atom. The summed E-state index contributed by atoms with van der Waals surface area (Å²) in [6.07, 6.45) is 0.